The molecule has 3 rings (SSSR count). The van der Waals surface area contributed by atoms with Crippen molar-refractivity contribution in [1.29, 1.82) is 0 Å². The summed E-state index contributed by atoms with van der Waals surface area (Å²) in [4.78, 5) is 4.44. The quantitative estimate of drug-likeness (QED) is 0.691. The van der Waals surface area contributed by atoms with Gasteiger partial charge >= 0.3 is 0 Å². The molecule has 0 spiro atoms. The van der Waals surface area contributed by atoms with E-state index in [0.29, 0.717) is 0 Å². The molecule has 2 atom stereocenters. The summed E-state index contributed by atoms with van der Waals surface area (Å²) >= 11 is 3.46. The van der Waals surface area contributed by atoms with Crippen LogP contribution in [0.25, 0.3) is 0 Å². The van der Waals surface area contributed by atoms with Gasteiger partial charge in [-0.1, -0.05) is 58.4 Å². The van der Waals surface area contributed by atoms with Gasteiger partial charge in [-0.25, -0.2) is 4.99 Å². The number of rotatable bonds is 6. The van der Waals surface area contributed by atoms with E-state index in [1.165, 1.54) is 11.1 Å². The number of nitrogens with zero attached hydrogens (tertiary/aromatic N) is 1. The van der Waals surface area contributed by atoms with Crippen molar-refractivity contribution in [1.82, 2.24) is 10.6 Å². The van der Waals surface area contributed by atoms with Crippen molar-refractivity contribution in [3.8, 4) is 0 Å². The molecule has 0 aromatic heterocycles. The largest absolute Gasteiger partial charge is 0.365 e. The fourth-order valence-corrected chi connectivity index (χ4v) is 3.09. The van der Waals surface area contributed by atoms with Gasteiger partial charge in [0.15, 0.2) is 0 Å². The zero-order valence-electron chi connectivity index (χ0n) is 14.2. The van der Waals surface area contributed by atoms with Crippen LogP contribution in [-0.2, 0) is 6.42 Å². The first kappa shape index (κ1) is 17.7. The molecule has 1 unspecified atom stereocenters. The maximum atomic E-state index is 6.48. The number of aryl methyl sites for hydroxylation is 1. The van der Waals surface area contributed by atoms with Gasteiger partial charge in [0.25, 0.3) is 0 Å². The van der Waals surface area contributed by atoms with Crippen molar-refractivity contribution in [2.45, 2.75) is 31.5 Å². The van der Waals surface area contributed by atoms with E-state index in [2.05, 4.69) is 74.9 Å². The summed E-state index contributed by atoms with van der Waals surface area (Å²) in [5.74, 6) is 0.893. The minimum atomic E-state index is -0.697. The van der Waals surface area contributed by atoms with Gasteiger partial charge in [0.1, 0.15) is 11.5 Å². The molecule has 0 bridgehead atoms. The minimum absolute atomic E-state index is 0.183. The zero-order chi connectivity index (χ0) is 17.7. The Balaban J connectivity index is 1.64. The SMILES string of the molecule is C[C@H](NC1=CC(N)(CCc2ccc(Br)cc2)N=CN1)c1ccccc1. The molecule has 5 heteroatoms. The highest BCUT2D eigenvalue weighted by Crippen LogP contribution is 2.20. The van der Waals surface area contributed by atoms with E-state index in [1.807, 2.05) is 24.3 Å². The Bertz CT molecular complexity index is 755. The molecule has 4 nitrogen and oxygen atoms in total. The number of halogens is 1. The summed E-state index contributed by atoms with van der Waals surface area (Å²) in [6.07, 6.45) is 5.28. The third kappa shape index (κ3) is 4.94. The predicted octanol–water partition coefficient (Wildman–Crippen LogP) is 3.86. The highest BCUT2D eigenvalue weighted by molar-refractivity contribution is 9.10. The molecule has 0 saturated carbocycles. The Kier molecular flexibility index (Phi) is 5.56. The fourth-order valence-electron chi connectivity index (χ4n) is 2.82. The topological polar surface area (TPSA) is 62.4 Å². The molecule has 0 saturated heterocycles. The molecular weight excluding hydrogens is 376 g/mol. The molecule has 1 aliphatic rings. The van der Waals surface area contributed by atoms with Gasteiger partial charge in [-0.2, -0.15) is 0 Å². The van der Waals surface area contributed by atoms with Gasteiger partial charge in [0, 0.05) is 10.5 Å². The molecule has 2 aromatic rings. The van der Waals surface area contributed by atoms with Gasteiger partial charge in [-0.3, -0.25) is 0 Å². The first-order chi connectivity index (χ1) is 12.0. The second-order valence-electron chi connectivity index (χ2n) is 6.35. The van der Waals surface area contributed by atoms with Gasteiger partial charge in [0.05, 0.1) is 6.34 Å². The van der Waals surface area contributed by atoms with Crippen LogP contribution in [0.2, 0.25) is 0 Å². The Morgan fingerprint density at radius 2 is 1.88 bits per heavy atom. The average molecular weight is 399 g/mol. The molecule has 1 aliphatic heterocycles. The van der Waals surface area contributed by atoms with Gasteiger partial charge in [-0.05, 0) is 49.1 Å². The van der Waals surface area contributed by atoms with Crippen molar-refractivity contribution in [3.05, 3.63) is 82.1 Å². The van der Waals surface area contributed by atoms with Gasteiger partial charge in [0.2, 0.25) is 0 Å². The van der Waals surface area contributed by atoms with Crippen LogP contribution in [0.3, 0.4) is 0 Å². The summed E-state index contributed by atoms with van der Waals surface area (Å²) in [6, 6.07) is 18.8. The first-order valence-electron chi connectivity index (χ1n) is 8.42. The van der Waals surface area contributed by atoms with Crippen LogP contribution in [0.4, 0.5) is 0 Å². The summed E-state index contributed by atoms with van der Waals surface area (Å²) in [7, 11) is 0. The number of nitrogens with two attached hydrogens (primary N) is 1. The Hall–Kier alpha value is -2.11. The minimum Gasteiger partial charge on any atom is -0.365 e. The summed E-state index contributed by atoms with van der Waals surface area (Å²) < 4.78 is 1.08. The van der Waals surface area contributed by atoms with Gasteiger partial charge < -0.3 is 16.4 Å². The number of hydrogen-bond acceptors (Lipinski definition) is 4. The standard InChI is InChI=1S/C20H23BrN4/c1-15(17-5-3-2-4-6-17)25-19-13-20(22,24-14-23-19)12-11-16-7-9-18(21)10-8-16/h2-10,13-15,25H,11-12,22H2,1H3,(H,23,24)/t15-,20?/m0/s1. The lowest BCUT2D eigenvalue weighted by Crippen LogP contribution is -2.43. The number of benzene rings is 2. The predicted molar refractivity (Wildman–Crippen MR) is 107 cm³/mol. The third-order valence-corrected chi connectivity index (χ3v) is 4.85. The van der Waals surface area contributed by atoms with Crippen molar-refractivity contribution in [2.24, 2.45) is 10.7 Å². The van der Waals surface area contributed by atoms with E-state index >= 15 is 0 Å². The molecular formula is C20H23BrN4. The Labute approximate surface area is 157 Å². The number of hydrogen-bond donors (Lipinski definition) is 3. The zero-order valence-corrected chi connectivity index (χ0v) is 15.8. The van der Waals surface area contributed by atoms with E-state index in [-0.39, 0.29) is 6.04 Å². The average Bonchev–Trinajstić information content (AvgIpc) is 2.62. The van der Waals surface area contributed by atoms with Crippen LogP contribution in [-0.4, -0.2) is 12.0 Å². The highest BCUT2D eigenvalue weighted by Gasteiger charge is 2.24. The summed E-state index contributed by atoms with van der Waals surface area (Å²) in [6.45, 7) is 2.13. The van der Waals surface area contributed by atoms with Crippen LogP contribution in [0.1, 0.15) is 30.5 Å². The van der Waals surface area contributed by atoms with Crippen LogP contribution < -0.4 is 16.4 Å². The molecule has 4 N–H and O–H groups in total. The molecule has 0 fully saturated rings. The summed E-state index contributed by atoms with van der Waals surface area (Å²) in [5.41, 5.74) is 8.26. The van der Waals surface area contributed by atoms with Crippen molar-refractivity contribution in [3.63, 3.8) is 0 Å². The highest BCUT2D eigenvalue weighted by atomic mass is 79.9. The molecule has 25 heavy (non-hydrogen) atoms. The maximum Gasteiger partial charge on any atom is 0.132 e. The van der Waals surface area contributed by atoms with Gasteiger partial charge in [-0.15, -0.1) is 0 Å². The van der Waals surface area contributed by atoms with E-state index in [0.717, 1.165) is 23.1 Å². The lowest BCUT2D eigenvalue weighted by molar-refractivity contribution is 0.487. The van der Waals surface area contributed by atoms with Crippen molar-refractivity contribution < 1.29 is 0 Å². The molecule has 0 radical (unpaired) electrons. The molecule has 0 aliphatic carbocycles. The smallest absolute Gasteiger partial charge is 0.132 e. The van der Waals surface area contributed by atoms with Crippen LogP contribution in [0.15, 0.2) is 76.0 Å². The van der Waals surface area contributed by atoms with E-state index in [9.17, 15) is 0 Å². The summed E-state index contributed by atoms with van der Waals surface area (Å²) in [5, 5.41) is 6.62. The van der Waals surface area contributed by atoms with Crippen molar-refractivity contribution >= 4 is 22.3 Å². The molecule has 0 amide bonds. The second-order valence-corrected chi connectivity index (χ2v) is 7.27. The van der Waals surface area contributed by atoms with E-state index < -0.39 is 5.66 Å². The monoisotopic (exact) mass is 398 g/mol. The van der Waals surface area contributed by atoms with Crippen LogP contribution >= 0.6 is 15.9 Å². The first-order valence-corrected chi connectivity index (χ1v) is 9.21. The third-order valence-electron chi connectivity index (χ3n) is 4.32. The normalized spacial score (nSPS) is 20.5. The lowest BCUT2D eigenvalue weighted by atomic mass is 9.99. The number of aliphatic imine (C=N–C) groups is 1. The van der Waals surface area contributed by atoms with Crippen LogP contribution in [0.5, 0.6) is 0 Å². The number of nitrogens with one attached hydrogen (secondary N) is 2. The van der Waals surface area contributed by atoms with E-state index in [1.54, 1.807) is 6.34 Å². The second kappa shape index (κ2) is 7.85. The Morgan fingerprint density at radius 3 is 2.60 bits per heavy atom. The molecule has 2 aromatic carbocycles. The lowest BCUT2D eigenvalue weighted by Gasteiger charge is -2.28. The van der Waals surface area contributed by atoms with Crippen LogP contribution in [0, 0.1) is 0 Å². The Morgan fingerprint density at radius 1 is 1.16 bits per heavy atom. The molecule has 1 heterocycles. The van der Waals surface area contributed by atoms with Crippen molar-refractivity contribution in [2.75, 3.05) is 0 Å². The maximum absolute atomic E-state index is 6.48. The van der Waals surface area contributed by atoms with E-state index in [4.69, 9.17) is 5.73 Å². The molecule has 130 valence electrons. The fraction of sp³-hybridized carbons (Fsp3) is 0.250.